The monoisotopic (exact) mass is 209 g/mol. The third-order valence-corrected chi connectivity index (χ3v) is 3.42. The molecular formula is C12H23N3. The molecule has 3 heteroatoms. The van der Waals surface area contributed by atoms with E-state index in [9.17, 15) is 0 Å². The van der Waals surface area contributed by atoms with Crippen molar-refractivity contribution in [2.24, 2.45) is 0 Å². The minimum Gasteiger partial charge on any atom is -0.300 e. The van der Waals surface area contributed by atoms with E-state index in [1.807, 2.05) is 0 Å². The van der Waals surface area contributed by atoms with Crippen molar-refractivity contribution in [1.82, 2.24) is 9.80 Å². The van der Waals surface area contributed by atoms with Crippen molar-refractivity contribution < 1.29 is 0 Å². The van der Waals surface area contributed by atoms with E-state index in [1.54, 1.807) is 0 Å². The summed E-state index contributed by atoms with van der Waals surface area (Å²) in [5.41, 5.74) is 0. The van der Waals surface area contributed by atoms with Gasteiger partial charge in [0.15, 0.2) is 0 Å². The van der Waals surface area contributed by atoms with E-state index in [1.165, 1.54) is 19.4 Å². The molecule has 0 radical (unpaired) electrons. The normalized spacial score (nSPS) is 28.9. The highest BCUT2D eigenvalue weighted by Gasteiger charge is 2.28. The van der Waals surface area contributed by atoms with Crippen LogP contribution in [0.4, 0.5) is 0 Å². The van der Waals surface area contributed by atoms with Gasteiger partial charge in [-0.15, -0.1) is 0 Å². The Labute approximate surface area is 93.7 Å². The zero-order valence-electron chi connectivity index (χ0n) is 10.2. The highest BCUT2D eigenvalue weighted by molar-refractivity contribution is 4.90. The molecule has 1 aliphatic heterocycles. The fraction of sp³-hybridized carbons (Fsp3) is 0.917. The lowest BCUT2D eigenvalue weighted by atomic mass is 10.1. The van der Waals surface area contributed by atoms with Gasteiger partial charge >= 0.3 is 0 Å². The number of hydrogen-bond acceptors (Lipinski definition) is 3. The van der Waals surface area contributed by atoms with Crippen LogP contribution in [-0.4, -0.2) is 48.6 Å². The maximum Gasteiger partial charge on any atom is 0.0638 e. The molecule has 0 aromatic carbocycles. The van der Waals surface area contributed by atoms with Crippen LogP contribution in [0.15, 0.2) is 0 Å². The molecule has 2 atom stereocenters. The third kappa shape index (κ3) is 3.48. The van der Waals surface area contributed by atoms with Crippen LogP contribution >= 0.6 is 0 Å². The summed E-state index contributed by atoms with van der Waals surface area (Å²) >= 11 is 0. The highest BCUT2D eigenvalue weighted by Crippen LogP contribution is 2.16. The summed E-state index contributed by atoms with van der Waals surface area (Å²) in [5, 5.41) is 8.79. The number of piperazine rings is 1. The summed E-state index contributed by atoms with van der Waals surface area (Å²) in [7, 11) is 2.14. The Balaban J connectivity index is 2.47. The second-order valence-electron chi connectivity index (χ2n) is 4.64. The highest BCUT2D eigenvalue weighted by atomic mass is 15.3. The predicted octanol–water partition coefficient (Wildman–Crippen LogP) is 1.70. The van der Waals surface area contributed by atoms with Gasteiger partial charge in [-0.05, 0) is 26.9 Å². The number of unbranched alkanes of at least 4 members (excludes halogenated alkanes) is 1. The molecule has 2 unspecified atom stereocenters. The molecule has 1 saturated heterocycles. The number of rotatable bonds is 4. The maximum atomic E-state index is 8.79. The summed E-state index contributed by atoms with van der Waals surface area (Å²) < 4.78 is 0. The first-order chi connectivity index (χ1) is 7.19. The Morgan fingerprint density at radius 1 is 1.40 bits per heavy atom. The van der Waals surface area contributed by atoms with Crippen molar-refractivity contribution in [3.8, 4) is 6.07 Å². The average molecular weight is 209 g/mol. The second-order valence-corrected chi connectivity index (χ2v) is 4.64. The Kier molecular flexibility index (Phi) is 5.07. The van der Waals surface area contributed by atoms with Gasteiger partial charge in [-0.1, -0.05) is 13.3 Å². The molecule has 0 saturated carbocycles. The zero-order chi connectivity index (χ0) is 11.3. The summed E-state index contributed by atoms with van der Waals surface area (Å²) in [6.45, 7) is 7.89. The number of hydrogen-bond donors (Lipinski definition) is 0. The van der Waals surface area contributed by atoms with Gasteiger partial charge in [-0.3, -0.25) is 4.90 Å². The lowest BCUT2D eigenvalue weighted by molar-refractivity contribution is 0.0529. The second kappa shape index (κ2) is 6.09. The minimum atomic E-state index is 0.426. The Morgan fingerprint density at radius 2 is 2.13 bits per heavy atom. The van der Waals surface area contributed by atoms with Crippen molar-refractivity contribution in [2.75, 3.05) is 26.7 Å². The first-order valence-corrected chi connectivity index (χ1v) is 6.00. The lowest BCUT2D eigenvalue weighted by Crippen LogP contribution is -2.55. The molecule has 15 heavy (non-hydrogen) atoms. The van der Waals surface area contributed by atoms with E-state index in [-0.39, 0.29) is 0 Å². The molecule has 1 aliphatic rings. The molecule has 1 heterocycles. The molecule has 0 aliphatic carbocycles. The minimum absolute atomic E-state index is 0.426. The maximum absolute atomic E-state index is 8.79. The smallest absolute Gasteiger partial charge is 0.0638 e. The lowest BCUT2D eigenvalue weighted by Gasteiger charge is -2.43. The van der Waals surface area contributed by atoms with Crippen molar-refractivity contribution >= 4 is 0 Å². The fourth-order valence-electron chi connectivity index (χ4n) is 2.24. The van der Waals surface area contributed by atoms with Crippen LogP contribution < -0.4 is 0 Å². The van der Waals surface area contributed by atoms with Gasteiger partial charge in [-0.25, -0.2) is 0 Å². The SMILES string of the molecule is CCCCN1CC(C)N(C)C(CC#N)C1. The van der Waals surface area contributed by atoms with Gasteiger partial charge in [-0.2, -0.15) is 5.26 Å². The summed E-state index contributed by atoms with van der Waals surface area (Å²) in [6, 6.07) is 3.30. The number of nitriles is 1. The van der Waals surface area contributed by atoms with Crippen LogP contribution in [0.25, 0.3) is 0 Å². The Hall–Kier alpha value is -0.590. The molecule has 1 fully saturated rings. The van der Waals surface area contributed by atoms with E-state index in [0.29, 0.717) is 18.5 Å². The standard InChI is InChI=1S/C12H23N3/c1-4-5-8-15-9-11(2)14(3)12(10-15)6-7-13/h11-12H,4-6,8-10H2,1-3H3. The molecule has 0 spiro atoms. The van der Waals surface area contributed by atoms with E-state index in [4.69, 9.17) is 5.26 Å². The molecule has 0 aromatic rings. The largest absolute Gasteiger partial charge is 0.300 e. The van der Waals surface area contributed by atoms with Crippen LogP contribution in [0.2, 0.25) is 0 Å². The molecular weight excluding hydrogens is 186 g/mol. The van der Waals surface area contributed by atoms with Crippen LogP contribution in [0, 0.1) is 11.3 Å². The Morgan fingerprint density at radius 3 is 2.73 bits per heavy atom. The third-order valence-electron chi connectivity index (χ3n) is 3.42. The predicted molar refractivity (Wildman–Crippen MR) is 62.6 cm³/mol. The number of nitrogens with zero attached hydrogens (tertiary/aromatic N) is 3. The molecule has 1 rings (SSSR count). The zero-order valence-corrected chi connectivity index (χ0v) is 10.2. The molecule has 3 nitrogen and oxygen atoms in total. The summed E-state index contributed by atoms with van der Waals surface area (Å²) in [5.74, 6) is 0. The van der Waals surface area contributed by atoms with Crippen molar-refractivity contribution in [2.45, 2.75) is 45.2 Å². The van der Waals surface area contributed by atoms with Gasteiger partial charge in [0, 0.05) is 25.2 Å². The van der Waals surface area contributed by atoms with Gasteiger partial charge in [0.2, 0.25) is 0 Å². The molecule has 0 amide bonds. The van der Waals surface area contributed by atoms with Crippen LogP contribution in [0.1, 0.15) is 33.1 Å². The molecule has 0 bridgehead atoms. The van der Waals surface area contributed by atoms with Crippen LogP contribution in [0.3, 0.4) is 0 Å². The van der Waals surface area contributed by atoms with Crippen molar-refractivity contribution in [3.05, 3.63) is 0 Å². The van der Waals surface area contributed by atoms with Crippen molar-refractivity contribution in [1.29, 1.82) is 5.26 Å². The van der Waals surface area contributed by atoms with E-state index < -0.39 is 0 Å². The van der Waals surface area contributed by atoms with Gasteiger partial charge in [0.25, 0.3) is 0 Å². The summed E-state index contributed by atoms with van der Waals surface area (Å²) in [4.78, 5) is 4.86. The van der Waals surface area contributed by atoms with Gasteiger partial charge in [0.1, 0.15) is 0 Å². The fourth-order valence-corrected chi connectivity index (χ4v) is 2.24. The van der Waals surface area contributed by atoms with Crippen molar-refractivity contribution in [3.63, 3.8) is 0 Å². The molecule has 0 N–H and O–H groups in total. The first kappa shape index (κ1) is 12.5. The van der Waals surface area contributed by atoms with Crippen LogP contribution in [-0.2, 0) is 0 Å². The van der Waals surface area contributed by atoms with E-state index in [2.05, 4.69) is 36.8 Å². The quantitative estimate of drug-likeness (QED) is 0.706. The number of likely N-dealkylation sites (N-methyl/N-ethyl adjacent to an activating group) is 1. The average Bonchev–Trinajstić information content (AvgIpc) is 2.22. The van der Waals surface area contributed by atoms with Gasteiger partial charge < -0.3 is 4.90 Å². The molecule has 0 aromatic heterocycles. The van der Waals surface area contributed by atoms with Gasteiger partial charge in [0.05, 0.1) is 12.5 Å². The topological polar surface area (TPSA) is 30.3 Å². The first-order valence-electron chi connectivity index (χ1n) is 6.00. The van der Waals surface area contributed by atoms with Crippen LogP contribution in [0.5, 0.6) is 0 Å². The van der Waals surface area contributed by atoms with E-state index >= 15 is 0 Å². The molecule has 86 valence electrons. The Bertz CT molecular complexity index is 221. The van der Waals surface area contributed by atoms with E-state index in [0.717, 1.165) is 13.1 Å². The summed E-state index contributed by atoms with van der Waals surface area (Å²) in [6.07, 6.45) is 3.18.